The zero-order valence-electron chi connectivity index (χ0n) is 14.9. The number of nitrogens with zero attached hydrogens (tertiary/aromatic N) is 2. The molecule has 0 saturated heterocycles. The summed E-state index contributed by atoms with van der Waals surface area (Å²) in [5.74, 6) is 1.05. The molecule has 4 aromatic rings. The summed E-state index contributed by atoms with van der Waals surface area (Å²) in [7, 11) is 0. The number of aryl methyl sites for hydroxylation is 1. The number of benzene rings is 3. The van der Waals surface area contributed by atoms with Gasteiger partial charge in [0.15, 0.2) is 0 Å². The van der Waals surface area contributed by atoms with Gasteiger partial charge in [-0.1, -0.05) is 48.5 Å². The Morgan fingerprint density at radius 1 is 1.00 bits per heavy atom. The first-order valence-corrected chi connectivity index (χ1v) is 9.23. The molecule has 1 aromatic heterocycles. The third kappa shape index (κ3) is 2.79. The maximum Gasteiger partial charge on any atom is 0.256 e. The lowest BCUT2D eigenvalue weighted by Gasteiger charge is -2.10. The van der Waals surface area contributed by atoms with Crippen molar-refractivity contribution in [2.24, 2.45) is 0 Å². The van der Waals surface area contributed by atoms with Gasteiger partial charge in [-0.05, 0) is 35.4 Å². The summed E-state index contributed by atoms with van der Waals surface area (Å²) in [6.07, 6.45) is 4.12. The summed E-state index contributed by atoms with van der Waals surface area (Å²) in [6.45, 7) is 1.01. The van der Waals surface area contributed by atoms with Gasteiger partial charge in [0.1, 0.15) is 5.82 Å². The van der Waals surface area contributed by atoms with Gasteiger partial charge in [-0.15, -0.1) is 0 Å². The molecule has 1 amide bonds. The van der Waals surface area contributed by atoms with E-state index in [1.54, 1.807) is 0 Å². The molecule has 0 fully saturated rings. The van der Waals surface area contributed by atoms with Gasteiger partial charge in [0.2, 0.25) is 0 Å². The van der Waals surface area contributed by atoms with E-state index in [-0.39, 0.29) is 5.91 Å². The summed E-state index contributed by atoms with van der Waals surface area (Å²) in [5, 5.41) is 5.08. The van der Waals surface area contributed by atoms with Crippen molar-refractivity contribution in [3.8, 4) is 11.3 Å². The van der Waals surface area contributed by atoms with E-state index in [9.17, 15) is 4.79 Å². The average molecular weight is 353 g/mol. The molecule has 0 aliphatic carbocycles. The molecular formula is C23H19N3O. The maximum absolute atomic E-state index is 12.9. The predicted molar refractivity (Wildman–Crippen MR) is 108 cm³/mol. The lowest BCUT2D eigenvalue weighted by molar-refractivity contribution is 0.102. The molecule has 3 aromatic carbocycles. The Bertz CT molecular complexity index is 1150. The van der Waals surface area contributed by atoms with Crippen molar-refractivity contribution >= 4 is 22.4 Å². The van der Waals surface area contributed by atoms with E-state index in [1.807, 2.05) is 66.9 Å². The van der Waals surface area contributed by atoms with Crippen LogP contribution >= 0.6 is 0 Å². The van der Waals surface area contributed by atoms with Crippen LogP contribution in [0.2, 0.25) is 0 Å². The van der Waals surface area contributed by atoms with E-state index >= 15 is 0 Å². The lowest BCUT2D eigenvalue weighted by Crippen LogP contribution is -2.12. The van der Waals surface area contributed by atoms with Crippen molar-refractivity contribution in [3.05, 3.63) is 84.3 Å². The van der Waals surface area contributed by atoms with Crippen molar-refractivity contribution in [3.63, 3.8) is 0 Å². The minimum atomic E-state index is -0.0949. The number of aromatic nitrogens is 2. The van der Waals surface area contributed by atoms with Crippen molar-refractivity contribution < 1.29 is 4.79 Å². The van der Waals surface area contributed by atoms with Crippen molar-refractivity contribution in [2.75, 3.05) is 5.32 Å². The number of anilines is 1. The van der Waals surface area contributed by atoms with Crippen LogP contribution in [0.3, 0.4) is 0 Å². The molecule has 1 aliphatic rings. The number of imidazole rings is 1. The summed E-state index contributed by atoms with van der Waals surface area (Å²) in [6, 6.07) is 21.7. The van der Waals surface area contributed by atoms with Crippen LogP contribution in [0.4, 0.5) is 5.69 Å². The Kier molecular flexibility index (Phi) is 3.75. The molecule has 27 heavy (non-hydrogen) atoms. The second-order valence-electron chi connectivity index (χ2n) is 6.88. The van der Waals surface area contributed by atoms with E-state index < -0.39 is 0 Å². The molecule has 4 nitrogen and oxygen atoms in total. The monoisotopic (exact) mass is 353 g/mol. The molecule has 1 aliphatic heterocycles. The molecule has 0 bridgehead atoms. The van der Waals surface area contributed by atoms with Crippen LogP contribution in [-0.4, -0.2) is 15.5 Å². The van der Waals surface area contributed by atoms with Crippen LogP contribution in [0, 0.1) is 0 Å². The second-order valence-corrected chi connectivity index (χ2v) is 6.88. The van der Waals surface area contributed by atoms with Crippen LogP contribution < -0.4 is 5.32 Å². The molecule has 0 radical (unpaired) electrons. The van der Waals surface area contributed by atoms with Crippen LogP contribution in [0.1, 0.15) is 22.6 Å². The fourth-order valence-electron chi connectivity index (χ4n) is 3.87. The smallest absolute Gasteiger partial charge is 0.256 e. The van der Waals surface area contributed by atoms with Crippen LogP contribution in [0.5, 0.6) is 0 Å². The van der Waals surface area contributed by atoms with Crippen molar-refractivity contribution in [1.29, 1.82) is 0 Å². The van der Waals surface area contributed by atoms with Gasteiger partial charge in [0, 0.05) is 29.8 Å². The summed E-state index contributed by atoms with van der Waals surface area (Å²) < 4.78 is 2.27. The molecular weight excluding hydrogens is 334 g/mol. The molecule has 132 valence electrons. The Balaban J connectivity index is 1.46. The summed E-state index contributed by atoms with van der Waals surface area (Å²) in [5.41, 5.74) is 3.66. The Morgan fingerprint density at radius 3 is 2.81 bits per heavy atom. The first-order chi connectivity index (χ1) is 13.3. The fraction of sp³-hybridized carbons (Fsp3) is 0.130. The number of amides is 1. The predicted octanol–water partition coefficient (Wildman–Crippen LogP) is 4.90. The SMILES string of the molecule is O=C(Nc1cccc(-c2cnc3n2CCC3)c1)c1cccc2ccccc12. The van der Waals surface area contributed by atoms with Crippen LogP contribution in [-0.2, 0) is 13.0 Å². The highest BCUT2D eigenvalue weighted by atomic mass is 16.1. The van der Waals surface area contributed by atoms with E-state index in [0.717, 1.165) is 52.9 Å². The normalized spacial score (nSPS) is 12.9. The number of hydrogen-bond donors (Lipinski definition) is 1. The minimum absolute atomic E-state index is 0.0949. The number of hydrogen-bond acceptors (Lipinski definition) is 2. The van der Waals surface area contributed by atoms with Crippen molar-refractivity contribution in [2.45, 2.75) is 19.4 Å². The Morgan fingerprint density at radius 2 is 1.85 bits per heavy atom. The zero-order chi connectivity index (χ0) is 18.2. The fourth-order valence-corrected chi connectivity index (χ4v) is 3.87. The highest BCUT2D eigenvalue weighted by Crippen LogP contribution is 2.28. The number of carbonyl (C=O) groups excluding carboxylic acids is 1. The first kappa shape index (κ1) is 15.8. The third-order valence-corrected chi connectivity index (χ3v) is 5.17. The third-order valence-electron chi connectivity index (χ3n) is 5.17. The molecule has 1 N–H and O–H groups in total. The van der Waals surface area contributed by atoms with Gasteiger partial charge in [-0.2, -0.15) is 0 Å². The largest absolute Gasteiger partial charge is 0.328 e. The van der Waals surface area contributed by atoms with Gasteiger partial charge in [-0.3, -0.25) is 4.79 Å². The number of nitrogens with one attached hydrogen (secondary N) is 1. The number of fused-ring (bicyclic) bond motifs is 2. The number of carbonyl (C=O) groups is 1. The molecule has 2 heterocycles. The van der Waals surface area contributed by atoms with Crippen LogP contribution in [0.25, 0.3) is 22.0 Å². The molecule has 0 atom stereocenters. The van der Waals surface area contributed by atoms with Crippen molar-refractivity contribution in [1.82, 2.24) is 9.55 Å². The molecule has 0 unspecified atom stereocenters. The zero-order valence-corrected chi connectivity index (χ0v) is 14.9. The van der Waals surface area contributed by atoms with Gasteiger partial charge >= 0.3 is 0 Å². The average Bonchev–Trinajstić information content (AvgIpc) is 3.31. The minimum Gasteiger partial charge on any atom is -0.328 e. The molecule has 0 spiro atoms. The van der Waals surface area contributed by atoms with Gasteiger partial charge in [0.05, 0.1) is 11.9 Å². The van der Waals surface area contributed by atoms with Gasteiger partial charge < -0.3 is 9.88 Å². The lowest BCUT2D eigenvalue weighted by atomic mass is 10.0. The van der Waals surface area contributed by atoms with E-state index in [1.165, 1.54) is 0 Å². The molecule has 4 heteroatoms. The maximum atomic E-state index is 12.9. The topological polar surface area (TPSA) is 46.9 Å². The Labute approximate surface area is 157 Å². The Hall–Kier alpha value is -3.40. The molecule has 0 saturated carbocycles. The highest BCUT2D eigenvalue weighted by molar-refractivity contribution is 6.13. The second kappa shape index (κ2) is 6.40. The summed E-state index contributed by atoms with van der Waals surface area (Å²) in [4.78, 5) is 17.4. The van der Waals surface area contributed by atoms with E-state index in [0.29, 0.717) is 5.56 Å². The van der Waals surface area contributed by atoms with Crippen LogP contribution in [0.15, 0.2) is 72.9 Å². The highest BCUT2D eigenvalue weighted by Gasteiger charge is 2.17. The van der Waals surface area contributed by atoms with E-state index in [4.69, 9.17) is 0 Å². The first-order valence-electron chi connectivity index (χ1n) is 9.23. The standard InChI is InChI=1S/C23H19N3O/c27-23(20-11-4-7-16-6-1-2-10-19(16)20)25-18-9-3-8-17(14-18)21-15-24-22-12-5-13-26(21)22/h1-4,6-11,14-15H,5,12-13H2,(H,25,27). The summed E-state index contributed by atoms with van der Waals surface area (Å²) >= 11 is 0. The molecule has 5 rings (SSSR count). The van der Waals surface area contributed by atoms with Gasteiger partial charge in [-0.25, -0.2) is 4.98 Å². The quantitative estimate of drug-likeness (QED) is 0.569. The van der Waals surface area contributed by atoms with Gasteiger partial charge in [0.25, 0.3) is 5.91 Å². The van der Waals surface area contributed by atoms with E-state index in [2.05, 4.69) is 20.9 Å². The number of rotatable bonds is 3.